The van der Waals surface area contributed by atoms with Crippen molar-refractivity contribution in [3.8, 4) is 0 Å². The molecule has 0 aliphatic carbocycles. The first-order valence-corrected chi connectivity index (χ1v) is 8.22. The molecule has 1 atom stereocenters. The van der Waals surface area contributed by atoms with Crippen LogP contribution in [0.5, 0.6) is 0 Å². The maximum atomic E-state index is 5.54. The lowest BCUT2D eigenvalue weighted by molar-refractivity contribution is 0.172. The Hall–Kier alpha value is -1.47. The van der Waals surface area contributed by atoms with Gasteiger partial charge in [-0.05, 0) is 13.3 Å². The van der Waals surface area contributed by atoms with Gasteiger partial charge in [-0.1, -0.05) is 6.92 Å². The van der Waals surface area contributed by atoms with E-state index in [1.54, 1.807) is 11.3 Å². The molecule has 6 nitrogen and oxygen atoms in total. The molecule has 0 aromatic carbocycles. The van der Waals surface area contributed by atoms with Gasteiger partial charge < -0.3 is 9.32 Å². The third kappa shape index (κ3) is 3.08. The number of aryl methyl sites for hydroxylation is 2. The molecular formula is C14H21N5OS. The Bertz CT molecular complexity index is 588. The molecule has 3 rings (SSSR count). The van der Waals surface area contributed by atoms with Gasteiger partial charge in [0.1, 0.15) is 0 Å². The van der Waals surface area contributed by atoms with Crippen molar-refractivity contribution < 1.29 is 4.42 Å². The van der Waals surface area contributed by atoms with Crippen LogP contribution in [0, 0.1) is 6.92 Å². The predicted octanol–water partition coefficient (Wildman–Crippen LogP) is 2.28. The fraction of sp³-hybridized carbons (Fsp3) is 0.643. The lowest BCUT2D eigenvalue weighted by Gasteiger charge is -2.36. The van der Waals surface area contributed by atoms with Gasteiger partial charge in [-0.3, -0.25) is 4.90 Å². The standard InChI is InChI=1S/C14H21N5OS/c1-4-12-9-15-14(21-12)19-7-5-18(6-8-19)10(2)13-17-16-11(3)20-13/h9-10H,4-8H2,1-3H3/t10-/m1/s1. The van der Waals surface area contributed by atoms with Gasteiger partial charge >= 0.3 is 0 Å². The van der Waals surface area contributed by atoms with Crippen LogP contribution in [-0.4, -0.2) is 46.3 Å². The summed E-state index contributed by atoms with van der Waals surface area (Å²) in [6.07, 6.45) is 3.06. The lowest BCUT2D eigenvalue weighted by Crippen LogP contribution is -2.47. The minimum atomic E-state index is 0.177. The summed E-state index contributed by atoms with van der Waals surface area (Å²) in [5, 5.41) is 9.19. The van der Waals surface area contributed by atoms with Crippen molar-refractivity contribution in [1.82, 2.24) is 20.1 Å². The Kier molecular flexibility index (Phi) is 4.21. The van der Waals surface area contributed by atoms with Crippen molar-refractivity contribution in [2.24, 2.45) is 0 Å². The number of hydrogen-bond donors (Lipinski definition) is 0. The second-order valence-corrected chi connectivity index (χ2v) is 6.41. The summed E-state index contributed by atoms with van der Waals surface area (Å²) in [5.41, 5.74) is 0. The van der Waals surface area contributed by atoms with Crippen LogP contribution in [0.15, 0.2) is 10.6 Å². The molecule has 21 heavy (non-hydrogen) atoms. The number of nitrogens with zero attached hydrogens (tertiary/aromatic N) is 5. The van der Waals surface area contributed by atoms with E-state index in [2.05, 4.69) is 38.8 Å². The molecule has 0 N–H and O–H groups in total. The second-order valence-electron chi connectivity index (χ2n) is 5.32. The van der Waals surface area contributed by atoms with Gasteiger partial charge in [-0.15, -0.1) is 21.5 Å². The Morgan fingerprint density at radius 2 is 2.05 bits per heavy atom. The van der Waals surface area contributed by atoms with E-state index < -0.39 is 0 Å². The van der Waals surface area contributed by atoms with Crippen LogP contribution in [0.1, 0.15) is 36.5 Å². The summed E-state index contributed by atoms with van der Waals surface area (Å²) >= 11 is 1.80. The smallest absolute Gasteiger partial charge is 0.233 e. The van der Waals surface area contributed by atoms with Crippen LogP contribution >= 0.6 is 11.3 Å². The molecule has 0 radical (unpaired) electrons. The fourth-order valence-corrected chi connectivity index (χ4v) is 3.45. The van der Waals surface area contributed by atoms with E-state index in [0.717, 1.165) is 37.7 Å². The zero-order valence-electron chi connectivity index (χ0n) is 12.7. The quantitative estimate of drug-likeness (QED) is 0.863. The third-order valence-corrected chi connectivity index (χ3v) is 5.12. The van der Waals surface area contributed by atoms with E-state index in [9.17, 15) is 0 Å². The molecule has 0 bridgehead atoms. The largest absolute Gasteiger partial charge is 0.424 e. The zero-order valence-corrected chi connectivity index (χ0v) is 13.6. The van der Waals surface area contributed by atoms with Crippen molar-refractivity contribution in [3.63, 3.8) is 0 Å². The highest BCUT2D eigenvalue weighted by atomic mass is 32.1. The minimum absolute atomic E-state index is 0.177. The lowest BCUT2D eigenvalue weighted by atomic mass is 10.2. The highest BCUT2D eigenvalue weighted by Gasteiger charge is 2.26. The highest BCUT2D eigenvalue weighted by molar-refractivity contribution is 7.15. The zero-order chi connectivity index (χ0) is 14.8. The van der Waals surface area contributed by atoms with Crippen molar-refractivity contribution >= 4 is 16.5 Å². The molecule has 1 aliphatic heterocycles. The summed E-state index contributed by atoms with van der Waals surface area (Å²) in [6, 6.07) is 0.177. The Labute approximate surface area is 128 Å². The number of anilines is 1. The molecule has 0 saturated carbocycles. The number of thiazole rings is 1. The Morgan fingerprint density at radius 3 is 2.62 bits per heavy atom. The normalized spacial score (nSPS) is 18.1. The molecule has 1 fully saturated rings. The SMILES string of the molecule is CCc1cnc(N2CCN([C@H](C)c3nnc(C)o3)CC2)s1. The van der Waals surface area contributed by atoms with E-state index in [-0.39, 0.29) is 6.04 Å². The van der Waals surface area contributed by atoms with Crippen molar-refractivity contribution in [2.45, 2.75) is 33.2 Å². The van der Waals surface area contributed by atoms with Gasteiger partial charge in [-0.2, -0.15) is 0 Å². The van der Waals surface area contributed by atoms with Crippen molar-refractivity contribution in [3.05, 3.63) is 22.9 Å². The molecule has 1 saturated heterocycles. The van der Waals surface area contributed by atoms with E-state index in [4.69, 9.17) is 4.42 Å². The fourth-order valence-electron chi connectivity index (χ4n) is 2.54. The number of aromatic nitrogens is 3. The average molecular weight is 307 g/mol. The van der Waals surface area contributed by atoms with E-state index in [1.807, 2.05) is 13.1 Å². The molecule has 0 spiro atoms. The summed E-state index contributed by atoms with van der Waals surface area (Å²) in [4.78, 5) is 10.6. The number of hydrogen-bond acceptors (Lipinski definition) is 7. The minimum Gasteiger partial charge on any atom is -0.424 e. The highest BCUT2D eigenvalue weighted by Crippen LogP contribution is 2.26. The molecule has 7 heteroatoms. The molecule has 2 aromatic rings. The van der Waals surface area contributed by atoms with Gasteiger partial charge in [0.15, 0.2) is 5.13 Å². The van der Waals surface area contributed by atoms with E-state index in [0.29, 0.717) is 11.8 Å². The molecule has 2 aromatic heterocycles. The summed E-state index contributed by atoms with van der Waals surface area (Å²) in [5.74, 6) is 1.34. The number of rotatable bonds is 4. The van der Waals surface area contributed by atoms with Crippen LogP contribution in [0.3, 0.4) is 0 Å². The first-order valence-electron chi connectivity index (χ1n) is 7.41. The van der Waals surface area contributed by atoms with Crippen LogP contribution in [0.4, 0.5) is 5.13 Å². The molecular weight excluding hydrogens is 286 g/mol. The monoisotopic (exact) mass is 307 g/mol. The van der Waals surface area contributed by atoms with Crippen LogP contribution in [0.2, 0.25) is 0 Å². The third-order valence-electron chi connectivity index (χ3n) is 3.92. The first-order chi connectivity index (χ1) is 10.2. The molecule has 3 heterocycles. The topological polar surface area (TPSA) is 58.3 Å². The Morgan fingerprint density at radius 1 is 1.29 bits per heavy atom. The van der Waals surface area contributed by atoms with Gasteiger partial charge in [0.05, 0.1) is 6.04 Å². The van der Waals surface area contributed by atoms with Crippen molar-refractivity contribution in [2.75, 3.05) is 31.1 Å². The van der Waals surface area contributed by atoms with Gasteiger partial charge in [0.2, 0.25) is 11.8 Å². The van der Waals surface area contributed by atoms with Crippen LogP contribution in [-0.2, 0) is 6.42 Å². The summed E-state index contributed by atoms with van der Waals surface area (Å²) in [7, 11) is 0. The van der Waals surface area contributed by atoms with Crippen molar-refractivity contribution in [1.29, 1.82) is 0 Å². The van der Waals surface area contributed by atoms with Gasteiger partial charge in [0.25, 0.3) is 0 Å². The molecule has 0 unspecified atom stereocenters. The molecule has 1 aliphatic rings. The summed E-state index contributed by atoms with van der Waals surface area (Å²) in [6.45, 7) is 10.1. The average Bonchev–Trinajstić information content (AvgIpc) is 3.15. The molecule has 0 amide bonds. The maximum Gasteiger partial charge on any atom is 0.233 e. The van der Waals surface area contributed by atoms with E-state index in [1.165, 1.54) is 4.88 Å². The predicted molar refractivity (Wildman–Crippen MR) is 82.7 cm³/mol. The van der Waals surface area contributed by atoms with Gasteiger partial charge in [-0.25, -0.2) is 4.98 Å². The first kappa shape index (κ1) is 14.5. The van der Waals surface area contributed by atoms with E-state index >= 15 is 0 Å². The Balaban J connectivity index is 1.59. The number of piperazine rings is 1. The van der Waals surface area contributed by atoms with Crippen LogP contribution < -0.4 is 4.90 Å². The van der Waals surface area contributed by atoms with Gasteiger partial charge in [0, 0.05) is 44.2 Å². The second kappa shape index (κ2) is 6.11. The van der Waals surface area contributed by atoms with Crippen LogP contribution in [0.25, 0.3) is 0 Å². The maximum absolute atomic E-state index is 5.54. The summed E-state index contributed by atoms with van der Waals surface area (Å²) < 4.78 is 5.54. The molecule has 114 valence electrons.